The van der Waals surface area contributed by atoms with Crippen molar-refractivity contribution in [2.45, 2.75) is 19.3 Å². The molecule has 7 heteroatoms. The maximum Gasteiger partial charge on any atom is 0.226 e. The third-order valence-corrected chi connectivity index (χ3v) is 4.73. The van der Waals surface area contributed by atoms with Gasteiger partial charge in [-0.3, -0.25) is 4.79 Å². The van der Waals surface area contributed by atoms with Crippen molar-refractivity contribution in [1.29, 1.82) is 0 Å². The lowest BCUT2D eigenvalue weighted by molar-refractivity contribution is -0.116. The first-order valence-corrected chi connectivity index (χ1v) is 8.02. The highest BCUT2D eigenvalue weighted by Gasteiger charge is 2.16. The van der Waals surface area contributed by atoms with Gasteiger partial charge in [-0.15, -0.1) is 12.4 Å². The molecule has 1 saturated heterocycles. The van der Waals surface area contributed by atoms with Crippen molar-refractivity contribution >= 4 is 45.0 Å². The fraction of sp³-hybridized carbons (Fsp3) is 0.467. The summed E-state index contributed by atoms with van der Waals surface area (Å²) in [6.07, 6.45) is 2.66. The van der Waals surface area contributed by atoms with Crippen molar-refractivity contribution in [2.24, 2.45) is 5.92 Å². The number of aromatic nitrogens is 1. The van der Waals surface area contributed by atoms with Crippen molar-refractivity contribution in [2.75, 3.05) is 25.5 Å². The normalized spacial score (nSPS) is 17.2. The number of para-hydroxylation sites is 1. The summed E-state index contributed by atoms with van der Waals surface area (Å²) in [5, 5.41) is 6.86. The first-order chi connectivity index (χ1) is 10.3. The minimum absolute atomic E-state index is 0. The number of ether oxygens (including phenoxy) is 1. The second kappa shape index (κ2) is 7.76. The number of thiazole rings is 1. The number of amides is 1. The molecule has 0 spiro atoms. The SMILES string of the molecule is COc1cccc2sc(NC(=O)CCC3CCNC3)nc12.Cl. The highest BCUT2D eigenvalue weighted by molar-refractivity contribution is 7.22. The minimum Gasteiger partial charge on any atom is -0.494 e. The summed E-state index contributed by atoms with van der Waals surface area (Å²) in [4.78, 5) is 16.5. The molecule has 0 aliphatic carbocycles. The molecular weight excluding hydrogens is 322 g/mol. The molecule has 1 aromatic heterocycles. The number of nitrogens with zero attached hydrogens (tertiary/aromatic N) is 1. The number of halogens is 1. The molecular formula is C15H20ClN3O2S. The minimum atomic E-state index is 0. The molecule has 22 heavy (non-hydrogen) atoms. The van der Waals surface area contributed by atoms with Crippen LogP contribution in [0.4, 0.5) is 5.13 Å². The maximum atomic E-state index is 12.0. The Morgan fingerprint density at radius 2 is 2.41 bits per heavy atom. The predicted octanol–water partition coefficient (Wildman–Crippen LogP) is 3.05. The zero-order chi connectivity index (χ0) is 14.7. The van der Waals surface area contributed by atoms with Crippen LogP contribution in [0.15, 0.2) is 18.2 Å². The van der Waals surface area contributed by atoms with Crippen LogP contribution in [0.3, 0.4) is 0 Å². The van der Waals surface area contributed by atoms with Gasteiger partial charge in [0.15, 0.2) is 5.13 Å². The van der Waals surface area contributed by atoms with Crippen molar-refractivity contribution < 1.29 is 9.53 Å². The predicted molar refractivity (Wildman–Crippen MR) is 92.3 cm³/mol. The van der Waals surface area contributed by atoms with E-state index in [0.717, 1.165) is 35.5 Å². The second-order valence-corrected chi connectivity index (χ2v) is 6.30. The molecule has 1 aliphatic rings. The molecule has 3 rings (SSSR count). The number of anilines is 1. The molecule has 5 nitrogen and oxygen atoms in total. The highest BCUT2D eigenvalue weighted by atomic mass is 35.5. The Kier molecular flexibility index (Phi) is 5.99. The summed E-state index contributed by atoms with van der Waals surface area (Å²) >= 11 is 1.48. The van der Waals surface area contributed by atoms with Gasteiger partial charge >= 0.3 is 0 Å². The van der Waals surface area contributed by atoms with Gasteiger partial charge in [-0.05, 0) is 44.0 Å². The van der Waals surface area contributed by atoms with Gasteiger partial charge in [0, 0.05) is 6.42 Å². The largest absolute Gasteiger partial charge is 0.494 e. The number of rotatable bonds is 5. The molecule has 1 atom stereocenters. The van der Waals surface area contributed by atoms with Crippen LogP contribution < -0.4 is 15.4 Å². The van der Waals surface area contributed by atoms with Gasteiger partial charge in [0.1, 0.15) is 11.3 Å². The number of carbonyl (C=O) groups is 1. The van der Waals surface area contributed by atoms with Crippen molar-refractivity contribution in [3.05, 3.63) is 18.2 Å². The number of methoxy groups -OCH3 is 1. The van der Waals surface area contributed by atoms with Crippen molar-refractivity contribution in [3.63, 3.8) is 0 Å². The topological polar surface area (TPSA) is 63.2 Å². The van der Waals surface area contributed by atoms with Crippen LogP contribution in [0.25, 0.3) is 10.2 Å². The number of hydrogen-bond donors (Lipinski definition) is 2. The van der Waals surface area contributed by atoms with E-state index in [1.165, 1.54) is 17.8 Å². The molecule has 0 bridgehead atoms. The van der Waals surface area contributed by atoms with E-state index >= 15 is 0 Å². The zero-order valence-electron chi connectivity index (χ0n) is 12.4. The van der Waals surface area contributed by atoms with Gasteiger partial charge in [-0.2, -0.15) is 0 Å². The molecule has 1 amide bonds. The monoisotopic (exact) mass is 341 g/mol. The average Bonchev–Trinajstić information content (AvgIpc) is 3.13. The molecule has 1 unspecified atom stereocenters. The lowest BCUT2D eigenvalue weighted by Crippen LogP contribution is -2.14. The number of carbonyl (C=O) groups excluding carboxylic acids is 1. The third-order valence-electron chi connectivity index (χ3n) is 3.79. The van der Waals surface area contributed by atoms with E-state index < -0.39 is 0 Å². The van der Waals surface area contributed by atoms with Crippen LogP contribution in [0.2, 0.25) is 0 Å². The Morgan fingerprint density at radius 3 is 3.14 bits per heavy atom. The Hall–Kier alpha value is -1.37. The number of hydrogen-bond acceptors (Lipinski definition) is 5. The summed E-state index contributed by atoms with van der Waals surface area (Å²) in [6.45, 7) is 2.11. The van der Waals surface area contributed by atoms with Crippen LogP contribution in [-0.4, -0.2) is 31.1 Å². The van der Waals surface area contributed by atoms with E-state index in [-0.39, 0.29) is 18.3 Å². The first-order valence-electron chi connectivity index (χ1n) is 7.20. The van der Waals surface area contributed by atoms with E-state index in [9.17, 15) is 4.79 Å². The summed E-state index contributed by atoms with van der Waals surface area (Å²) in [5.41, 5.74) is 0.806. The Balaban J connectivity index is 0.00000176. The Labute approximate surface area is 139 Å². The second-order valence-electron chi connectivity index (χ2n) is 5.27. The summed E-state index contributed by atoms with van der Waals surface area (Å²) < 4.78 is 6.30. The third kappa shape index (κ3) is 3.88. The number of nitrogens with one attached hydrogen (secondary N) is 2. The van der Waals surface area contributed by atoms with E-state index in [0.29, 0.717) is 17.5 Å². The Bertz CT molecular complexity index is 641. The van der Waals surface area contributed by atoms with Gasteiger partial charge < -0.3 is 15.4 Å². The average molecular weight is 342 g/mol. The van der Waals surface area contributed by atoms with Gasteiger partial charge in [0.2, 0.25) is 5.91 Å². The molecule has 1 aliphatic heterocycles. The van der Waals surface area contributed by atoms with Gasteiger partial charge in [0.25, 0.3) is 0 Å². The van der Waals surface area contributed by atoms with Gasteiger partial charge in [-0.1, -0.05) is 17.4 Å². The van der Waals surface area contributed by atoms with Crippen molar-refractivity contribution in [1.82, 2.24) is 10.3 Å². The van der Waals surface area contributed by atoms with E-state index in [1.807, 2.05) is 18.2 Å². The summed E-state index contributed by atoms with van der Waals surface area (Å²) in [7, 11) is 1.63. The van der Waals surface area contributed by atoms with Crippen molar-refractivity contribution in [3.8, 4) is 5.75 Å². The fourth-order valence-electron chi connectivity index (χ4n) is 2.62. The van der Waals surface area contributed by atoms with Crippen LogP contribution >= 0.6 is 23.7 Å². The number of benzene rings is 1. The fourth-order valence-corrected chi connectivity index (χ4v) is 3.52. The van der Waals surface area contributed by atoms with Crippen LogP contribution in [0.1, 0.15) is 19.3 Å². The van der Waals surface area contributed by atoms with E-state index in [2.05, 4.69) is 15.6 Å². The van der Waals surface area contributed by atoms with E-state index in [1.54, 1.807) is 7.11 Å². The van der Waals surface area contributed by atoms with Gasteiger partial charge in [0.05, 0.1) is 11.8 Å². The maximum absolute atomic E-state index is 12.0. The molecule has 1 fully saturated rings. The Morgan fingerprint density at radius 1 is 1.55 bits per heavy atom. The summed E-state index contributed by atoms with van der Waals surface area (Å²) in [6, 6.07) is 5.79. The molecule has 2 aromatic rings. The smallest absolute Gasteiger partial charge is 0.226 e. The summed E-state index contributed by atoms with van der Waals surface area (Å²) in [5.74, 6) is 1.41. The van der Waals surface area contributed by atoms with Crippen LogP contribution in [0.5, 0.6) is 5.75 Å². The van der Waals surface area contributed by atoms with E-state index in [4.69, 9.17) is 4.74 Å². The first kappa shape index (κ1) is 17.0. The molecule has 2 N–H and O–H groups in total. The highest BCUT2D eigenvalue weighted by Crippen LogP contribution is 2.32. The molecule has 0 radical (unpaired) electrons. The lowest BCUT2D eigenvalue weighted by atomic mass is 10.0. The lowest BCUT2D eigenvalue weighted by Gasteiger charge is -2.06. The van der Waals surface area contributed by atoms with Gasteiger partial charge in [-0.25, -0.2) is 4.98 Å². The molecule has 0 saturated carbocycles. The molecule has 2 heterocycles. The number of fused-ring (bicyclic) bond motifs is 1. The molecule has 1 aromatic carbocycles. The quantitative estimate of drug-likeness (QED) is 0.877. The van der Waals surface area contributed by atoms with Crippen LogP contribution in [-0.2, 0) is 4.79 Å². The molecule has 120 valence electrons. The zero-order valence-corrected chi connectivity index (χ0v) is 14.1. The standard InChI is InChI=1S/C15H19N3O2S.ClH/c1-20-11-3-2-4-12-14(11)18-15(21-12)17-13(19)6-5-10-7-8-16-9-10;/h2-4,10,16H,5-9H2,1H3,(H,17,18,19);1H. The van der Waals surface area contributed by atoms with Crippen LogP contribution in [0, 0.1) is 5.92 Å².